The van der Waals surface area contributed by atoms with Crippen molar-refractivity contribution in [3.05, 3.63) is 35.4 Å². The fourth-order valence-corrected chi connectivity index (χ4v) is 2.59. The number of benzene rings is 1. The van der Waals surface area contributed by atoms with Crippen molar-refractivity contribution in [1.82, 2.24) is 10.6 Å². The van der Waals surface area contributed by atoms with Crippen LogP contribution in [0.1, 0.15) is 57.2 Å². The molecule has 0 heterocycles. The third-order valence-electron chi connectivity index (χ3n) is 4.40. The third-order valence-corrected chi connectivity index (χ3v) is 4.40. The SMILES string of the molecule is CCC(CC)(CN)NC(=O)CC(NC(C)=O)c1ccc(C)cc1.Cl. The molecule has 1 atom stereocenters. The van der Waals surface area contributed by atoms with Gasteiger partial charge in [-0.25, -0.2) is 0 Å². The largest absolute Gasteiger partial charge is 0.349 e. The molecule has 1 aromatic carbocycles. The third kappa shape index (κ3) is 6.49. The number of nitrogens with one attached hydrogen (secondary N) is 2. The summed E-state index contributed by atoms with van der Waals surface area (Å²) < 4.78 is 0. The number of hydrogen-bond acceptors (Lipinski definition) is 3. The van der Waals surface area contributed by atoms with Gasteiger partial charge in [0.05, 0.1) is 18.0 Å². The fraction of sp³-hybridized carbons (Fsp3) is 0.556. The molecule has 6 heteroatoms. The van der Waals surface area contributed by atoms with E-state index < -0.39 is 0 Å². The summed E-state index contributed by atoms with van der Waals surface area (Å²) in [5, 5.41) is 5.90. The highest BCUT2D eigenvalue weighted by molar-refractivity contribution is 5.85. The number of halogens is 1. The Kier molecular flexibility index (Phi) is 9.63. The minimum absolute atomic E-state index is 0. The molecule has 1 unspecified atom stereocenters. The van der Waals surface area contributed by atoms with Crippen molar-refractivity contribution in [3.8, 4) is 0 Å². The van der Waals surface area contributed by atoms with Crippen LogP contribution in [0.2, 0.25) is 0 Å². The van der Waals surface area contributed by atoms with Crippen LogP contribution in [0.3, 0.4) is 0 Å². The van der Waals surface area contributed by atoms with Gasteiger partial charge >= 0.3 is 0 Å². The molecule has 0 aromatic heterocycles. The molecule has 0 saturated heterocycles. The molecular weight excluding hydrogens is 326 g/mol. The maximum Gasteiger partial charge on any atom is 0.222 e. The van der Waals surface area contributed by atoms with Gasteiger partial charge < -0.3 is 16.4 Å². The highest BCUT2D eigenvalue weighted by Gasteiger charge is 2.27. The lowest BCUT2D eigenvalue weighted by atomic mass is 9.92. The number of amides is 2. The van der Waals surface area contributed by atoms with E-state index >= 15 is 0 Å². The smallest absolute Gasteiger partial charge is 0.222 e. The molecule has 0 aliphatic heterocycles. The van der Waals surface area contributed by atoms with Crippen LogP contribution in [-0.2, 0) is 9.59 Å². The Morgan fingerprint density at radius 1 is 1.17 bits per heavy atom. The predicted molar refractivity (Wildman–Crippen MR) is 100 cm³/mol. The van der Waals surface area contributed by atoms with Crippen molar-refractivity contribution in [2.45, 2.75) is 58.5 Å². The molecule has 1 aromatic rings. The van der Waals surface area contributed by atoms with Gasteiger partial charge in [0.25, 0.3) is 0 Å². The van der Waals surface area contributed by atoms with E-state index in [0.717, 1.165) is 24.0 Å². The first-order valence-corrected chi connectivity index (χ1v) is 8.20. The highest BCUT2D eigenvalue weighted by atomic mass is 35.5. The Balaban J connectivity index is 0.00000529. The lowest BCUT2D eigenvalue weighted by molar-refractivity contribution is -0.124. The topological polar surface area (TPSA) is 84.2 Å². The van der Waals surface area contributed by atoms with E-state index in [0.29, 0.717) is 6.54 Å². The van der Waals surface area contributed by atoms with Gasteiger partial charge in [0, 0.05) is 13.5 Å². The Labute approximate surface area is 151 Å². The molecule has 0 saturated carbocycles. The van der Waals surface area contributed by atoms with Crippen LogP contribution in [-0.4, -0.2) is 23.9 Å². The maximum absolute atomic E-state index is 12.4. The van der Waals surface area contributed by atoms with Crippen LogP contribution in [0.25, 0.3) is 0 Å². The van der Waals surface area contributed by atoms with Gasteiger partial charge in [-0.15, -0.1) is 12.4 Å². The Bertz CT molecular complexity index is 519. The summed E-state index contributed by atoms with van der Waals surface area (Å²) in [6.45, 7) is 7.90. The van der Waals surface area contributed by atoms with Gasteiger partial charge in [-0.3, -0.25) is 9.59 Å². The minimum atomic E-state index is -0.370. The zero-order valence-corrected chi connectivity index (χ0v) is 15.8. The van der Waals surface area contributed by atoms with Crippen molar-refractivity contribution in [1.29, 1.82) is 0 Å². The quantitative estimate of drug-likeness (QED) is 0.670. The first-order chi connectivity index (χ1) is 10.9. The first-order valence-electron chi connectivity index (χ1n) is 8.20. The zero-order valence-electron chi connectivity index (χ0n) is 15.0. The van der Waals surface area contributed by atoms with Crippen LogP contribution >= 0.6 is 12.4 Å². The van der Waals surface area contributed by atoms with Crippen LogP contribution < -0.4 is 16.4 Å². The van der Waals surface area contributed by atoms with E-state index in [2.05, 4.69) is 10.6 Å². The lowest BCUT2D eigenvalue weighted by Gasteiger charge is -2.32. The van der Waals surface area contributed by atoms with Crippen molar-refractivity contribution in [2.75, 3.05) is 6.54 Å². The fourth-order valence-electron chi connectivity index (χ4n) is 2.59. The average molecular weight is 356 g/mol. The summed E-state index contributed by atoms with van der Waals surface area (Å²) in [5.74, 6) is -0.252. The van der Waals surface area contributed by atoms with Gasteiger partial charge in [0.15, 0.2) is 0 Å². The molecule has 5 nitrogen and oxygen atoms in total. The molecular formula is C18H30ClN3O2. The Morgan fingerprint density at radius 2 is 1.71 bits per heavy atom. The van der Waals surface area contributed by atoms with Crippen LogP contribution in [0.5, 0.6) is 0 Å². The van der Waals surface area contributed by atoms with Gasteiger partial charge in [0.2, 0.25) is 11.8 Å². The van der Waals surface area contributed by atoms with Crippen LogP contribution in [0, 0.1) is 6.92 Å². The molecule has 0 aliphatic rings. The molecule has 0 aliphatic carbocycles. The molecule has 1 rings (SSSR count). The second-order valence-electron chi connectivity index (χ2n) is 6.11. The van der Waals surface area contributed by atoms with E-state index in [1.807, 2.05) is 45.0 Å². The molecule has 2 amide bonds. The minimum Gasteiger partial charge on any atom is -0.349 e. The van der Waals surface area contributed by atoms with Crippen molar-refractivity contribution in [2.24, 2.45) is 5.73 Å². The number of rotatable bonds is 8. The number of nitrogens with two attached hydrogens (primary N) is 1. The molecule has 0 radical (unpaired) electrons. The molecule has 4 N–H and O–H groups in total. The summed E-state index contributed by atoms with van der Waals surface area (Å²) >= 11 is 0. The summed E-state index contributed by atoms with van der Waals surface area (Å²) in [5.41, 5.74) is 7.52. The summed E-state index contributed by atoms with van der Waals surface area (Å²) in [6.07, 6.45) is 1.76. The monoisotopic (exact) mass is 355 g/mol. The standard InChI is InChI=1S/C18H29N3O2.ClH/c1-5-18(6-2,12-19)21-17(23)11-16(20-14(4)22)15-9-7-13(3)8-10-15;/h7-10,16H,5-6,11-12,19H2,1-4H3,(H,20,22)(H,21,23);1H. The second kappa shape index (κ2) is 10.3. The molecule has 0 bridgehead atoms. The molecule has 0 fully saturated rings. The molecule has 136 valence electrons. The van der Waals surface area contributed by atoms with Crippen molar-refractivity contribution >= 4 is 24.2 Å². The number of hydrogen-bond donors (Lipinski definition) is 3. The Hall–Kier alpha value is -1.59. The van der Waals surface area contributed by atoms with E-state index in [1.165, 1.54) is 6.92 Å². The summed E-state index contributed by atoms with van der Waals surface area (Å²) in [4.78, 5) is 23.9. The predicted octanol–water partition coefficient (Wildman–Crippen LogP) is 2.62. The van der Waals surface area contributed by atoms with E-state index in [4.69, 9.17) is 5.73 Å². The lowest BCUT2D eigenvalue weighted by Crippen LogP contribution is -2.53. The summed E-state index contributed by atoms with van der Waals surface area (Å²) in [7, 11) is 0. The maximum atomic E-state index is 12.4. The van der Waals surface area contributed by atoms with Gasteiger partial charge in [-0.2, -0.15) is 0 Å². The van der Waals surface area contributed by atoms with Crippen molar-refractivity contribution in [3.63, 3.8) is 0 Å². The van der Waals surface area contributed by atoms with Crippen LogP contribution in [0.4, 0.5) is 0 Å². The summed E-state index contributed by atoms with van der Waals surface area (Å²) in [6, 6.07) is 7.50. The van der Waals surface area contributed by atoms with Crippen LogP contribution in [0.15, 0.2) is 24.3 Å². The zero-order chi connectivity index (χ0) is 17.5. The number of aryl methyl sites for hydroxylation is 1. The van der Waals surface area contributed by atoms with Gasteiger partial charge in [0.1, 0.15) is 0 Å². The number of carbonyl (C=O) groups is 2. The van der Waals surface area contributed by atoms with Crippen molar-refractivity contribution < 1.29 is 9.59 Å². The molecule has 24 heavy (non-hydrogen) atoms. The van der Waals surface area contributed by atoms with E-state index in [9.17, 15) is 9.59 Å². The average Bonchev–Trinajstić information content (AvgIpc) is 2.52. The molecule has 0 spiro atoms. The first kappa shape index (κ1) is 22.4. The number of carbonyl (C=O) groups excluding carboxylic acids is 2. The van der Waals surface area contributed by atoms with E-state index in [1.54, 1.807) is 0 Å². The second-order valence-corrected chi connectivity index (χ2v) is 6.11. The normalized spacial score (nSPS) is 12.0. The van der Waals surface area contributed by atoms with E-state index in [-0.39, 0.29) is 42.2 Å². The Morgan fingerprint density at radius 3 is 2.12 bits per heavy atom. The highest BCUT2D eigenvalue weighted by Crippen LogP contribution is 2.19. The van der Waals surface area contributed by atoms with Gasteiger partial charge in [-0.1, -0.05) is 43.7 Å². The van der Waals surface area contributed by atoms with Gasteiger partial charge in [-0.05, 0) is 25.3 Å².